The molecule has 20 heavy (non-hydrogen) atoms. The second-order valence-electron chi connectivity index (χ2n) is 6.26. The van der Waals surface area contributed by atoms with E-state index >= 15 is 0 Å². The second kappa shape index (κ2) is 4.00. The fraction of sp³-hybridized carbons (Fsp3) is 0.588. The maximum Gasteiger partial charge on any atom is 0.174 e. The molecule has 0 saturated heterocycles. The van der Waals surface area contributed by atoms with E-state index in [4.69, 9.17) is 9.47 Å². The maximum atomic E-state index is 12.4. The average Bonchev–Trinajstić information content (AvgIpc) is 2.85. The van der Waals surface area contributed by atoms with Crippen LogP contribution in [-0.2, 0) is 16.6 Å². The van der Waals surface area contributed by atoms with Crippen LogP contribution in [0.1, 0.15) is 43.7 Å². The molecule has 1 aromatic carbocycles. The van der Waals surface area contributed by atoms with Crippen LogP contribution >= 0.6 is 0 Å². The number of aryl methyl sites for hydroxylation is 1. The zero-order valence-electron chi connectivity index (χ0n) is 12.1. The van der Waals surface area contributed by atoms with Crippen LogP contribution in [0.2, 0.25) is 0 Å². The van der Waals surface area contributed by atoms with E-state index in [0.717, 1.165) is 30.8 Å². The molecule has 3 heteroatoms. The molecule has 0 amide bonds. The van der Waals surface area contributed by atoms with Crippen molar-refractivity contribution in [3.8, 4) is 11.5 Å². The molecule has 4 rings (SSSR count). The first-order valence-electron chi connectivity index (χ1n) is 7.62. The summed E-state index contributed by atoms with van der Waals surface area (Å²) in [5.41, 5.74) is 2.55. The van der Waals surface area contributed by atoms with Gasteiger partial charge in [0.05, 0.1) is 7.11 Å². The molecule has 3 nitrogen and oxygen atoms in total. The van der Waals surface area contributed by atoms with Gasteiger partial charge in [-0.3, -0.25) is 4.79 Å². The molecular formula is C17H20O3. The molecule has 0 radical (unpaired) electrons. The summed E-state index contributed by atoms with van der Waals surface area (Å²) in [5.74, 6) is 2.47. The van der Waals surface area contributed by atoms with Crippen molar-refractivity contribution in [3.63, 3.8) is 0 Å². The van der Waals surface area contributed by atoms with Crippen LogP contribution < -0.4 is 9.47 Å². The van der Waals surface area contributed by atoms with Crippen molar-refractivity contribution >= 4 is 5.78 Å². The van der Waals surface area contributed by atoms with Crippen LogP contribution in [0, 0.1) is 5.92 Å². The van der Waals surface area contributed by atoms with Gasteiger partial charge >= 0.3 is 0 Å². The molecule has 0 spiro atoms. The number of benzene rings is 1. The molecule has 0 N–H and O–H groups in total. The number of Topliss-reactive ketones (excluding diaryl/α,β-unsaturated/α-hetero) is 1. The third kappa shape index (κ3) is 1.24. The highest BCUT2D eigenvalue weighted by atomic mass is 16.5. The van der Waals surface area contributed by atoms with Gasteiger partial charge in [0.25, 0.3) is 0 Å². The largest absolute Gasteiger partial charge is 0.493 e. The summed E-state index contributed by atoms with van der Waals surface area (Å²) in [6.45, 7) is 2.20. The van der Waals surface area contributed by atoms with Gasteiger partial charge in [0.2, 0.25) is 0 Å². The normalized spacial score (nSPS) is 33.6. The molecule has 0 bridgehead atoms. The second-order valence-corrected chi connectivity index (χ2v) is 6.26. The van der Waals surface area contributed by atoms with Gasteiger partial charge < -0.3 is 9.47 Å². The monoisotopic (exact) mass is 272 g/mol. The van der Waals surface area contributed by atoms with Crippen LogP contribution in [0.15, 0.2) is 12.1 Å². The Morgan fingerprint density at radius 1 is 1.35 bits per heavy atom. The molecule has 3 atom stereocenters. The molecule has 1 aliphatic heterocycles. The summed E-state index contributed by atoms with van der Waals surface area (Å²) >= 11 is 0. The number of carbonyl (C=O) groups excluding carboxylic acids is 1. The Bertz CT molecular complexity index is 592. The summed E-state index contributed by atoms with van der Waals surface area (Å²) in [4.78, 5) is 12.4. The lowest BCUT2D eigenvalue weighted by Gasteiger charge is -2.46. The van der Waals surface area contributed by atoms with Crippen molar-refractivity contribution in [2.45, 2.75) is 50.5 Å². The molecule has 3 aliphatic rings. The third-order valence-electron chi connectivity index (χ3n) is 5.70. The number of hydrogen-bond acceptors (Lipinski definition) is 3. The van der Waals surface area contributed by atoms with Crippen molar-refractivity contribution in [2.24, 2.45) is 5.92 Å². The lowest BCUT2D eigenvalue weighted by Crippen LogP contribution is -2.53. The van der Waals surface area contributed by atoms with Gasteiger partial charge in [-0.2, -0.15) is 0 Å². The minimum atomic E-state index is -0.281. The predicted octanol–water partition coefficient (Wildman–Crippen LogP) is 3.03. The highest BCUT2D eigenvalue weighted by molar-refractivity contribution is 5.88. The van der Waals surface area contributed by atoms with Gasteiger partial charge in [0, 0.05) is 17.4 Å². The van der Waals surface area contributed by atoms with Gasteiger partial charge in [-0.05, 0) is 43.2 Å². The molecule has 1 aromatic rings. The van der Waals surface area contributed by atoms with Crippen molar-refractivity contribution < 1.29 is 14.3 Å². The topological polar surface area (TPSA) is 35.5 Å². The third-order valence-corrected chi connectivity index (χ3v) is 5.70. The maximum absolute atomic E-state index is 12.4. The van der Waals surface area contributed by atoms with Gasteiger partial charge in [-0.25, -0.2) is 0 Å². The van der Waals surface area contributed by atoms with Gasteiger partial charge in [-0.1, -0.05) is 13.0 Å². The summed E-state index contributed by atoms with van der Waals surface area (Å²) in [5, 5.41) is 0. The molecule has 1 saturated carbocycles. The summed E-state index contributed by atoms with van der Waals surface area (Å²) in [7, 11) is 1.67. The molecule has 1 fully saturated rings. The molecular weight excluding hydrogens is 252 g/mol. The van der Waals surface area contributed by atoms with E-state index in [1.165, 1.54) is 17.5 Å². The van der Waals surface area contributed by atoms with Crippen molar-refractivity contribution in [2.75, 3.05) is 7.11 Å². The first-order chi connectivity index (χ1) is 9.72. The number of ether oxygens (including phenoxy) is 2. The standard InChI is InChI=1S/C17H20O3/c1-3-17-11-6-4-10-5-9-13(19-2)15(14(10)17)20-16(17)12(18)8-7-11/h5,9,11,16H,3-4,6-8H2,1-2H3. The lowest BCUT2D eigenvalue weighted by molar-refractivity contribution is -0.133. The van der Waals surface area contributed by atoms with Crippen LogP contribution in [0.4, 0.5) is 0 Å². The Hall–Kier alpha value is -1.51. The highest BCUT2D eigenvalue weighted by Gasteiger charge is 2.60. The summed E-state index contributed by atoms with van der Waals surface area (Å²) in [6.07, 6.45) is 4.66. The molecule has 0 aromatic heterocycles. The van der Waals surface area contributed by atoms with E-state index in [2.05, 4.69) is 13.0 Å². The Morgan fingerprint density at radius 2 is 2.15 bits per heavy atom. The first-order valence-corrected chi connectivity index (χ1v) is 7.62. The first kappa shape index (κ1) is 12.2. The zero-order chi connectivity index (χ0) is 13.9. The number of ketones is 1. The number of hydrogen-bond donors (Lipinski definition) is 0. The van der Waals surface area contributed by atoms with Gasteiger partial charge in [0.15, 0.2) is 23.4 Å². The van der Waals surface area contributed by atoms with Crippen molar-refractivity contribution in [3.05, 3.63) is 23.3 Å². The quantitative estimate of drug-likeness (QED) is 0.830. The lowest BCUT2D eigenvalue weighted by atomic mass is 9.55. The van der Waals surface area contributed by atoms with Crippen molar-refractivity contribution in [1.29, 1.82) is 0 Å². The summed E-state index contributed by atoms with van der Waals surface area (Å²) in [6, 6.07) is 4.15. The minimum Gasteiger partial charge on any atom is -0.493 e. The van der Waals surface area contributed by atoms with E-state index in [-0.39, 0.29) is 17.3 Å². The zero-order valence-corrected chi connectivity index (χ0v) is 12.1. The Labute approximate surface area is 119 Å². The number of methoxy groups -OCH3 is 1. The smallest absolute Gasteiger partial charge is 0.174 e. The Balaban J connectivity index is 2.01. The number of rotatable bonds is 2. The van der Waals surface area contributed by atoms with Gasteiger partial charge in [0.1, 0.15) is 0 Å². The number of carbonyl (C=O) groups is 1. The molecule has 1 heterocycles. The fourth-order valence-corrected chi connectivity index (χ4v) is 4.81. The van der Waals surface area contributed by atoms with Crippen LogP contribution in [0.25, 0.3) is 0 Å². The SMILES string of the molecule is CCC12c3c4ccc(OC)c3OC1C(=O)CCC2CC4. The Morgan fingerprint density at radius 3 is 2.90 bits per heavy atom. The van der Waals surface area contributed by atoms with Crippen LogP contribution in [-0.4, -0.2) is 19.0 Å². The highest BCUT2D eigenvalue weighted by Crippen LogP contribution is 2.60. The van der Waals surface area contributed by atoms with Crippen molar-refractivity contribution in [1.82, 2.24) is 0 Å². The van der Waals surface area contributed by atoms with E-state index in [9.17, 15) is 4.79 Å². The Kier molecular flexibility index (Phi) is 2.45. The fourth-order valence-electron chi connectivity index (χ4n) is 4.81. The molecule has 106 valence electrons. The van der Waals surface area contributed by atoms with Crippen LogP contribution in [0.5, 0.6) is 11.5 Å². The van der Waals surface area contributed by atoms with Crippen LogP contribution in [0.3, 0.4) is 0 Å². The average molecular weight is 272 g/mol. The van der Waals surface area contributed by atoms with E-state index in [1.54, 1.807) is 7.11 Å². The molecule has 3 unspecified atom stereocenters. The predicted molar refractivity (Wildman–Crippen MR) is 75.4 cm³/mol. The van der Waals surface area contributed by atoms with E-state index in [0.29, 0.717) is 12.3 Å². The molecule has 2 aliphatic carbocycles. The van der Waals surface area contributed by atoms with E-state index < -0.39 is 0 Å². The summed E-state index contributed by atoms with van der Waals surface area (Å²) < 4.78 is 11.6. The van der Waals surface area contributed by atoms with Gasteiger partial charge in [-0.15, -0.1) is 0 Å². The van der Waals surface area contributed by atoms with E-state index in [1.807, 2.05) is 6.07 Å². The minimum absolute atomic E-state index is 0.0905.